The Bertz CT molecular complexity index is 563. The molecule has 0 spiro atoms. The smallest absolute Gasteiger partial charge is 0.128 e. The topological polar surface area (TPSA) is 43.8 Å². The van der Waals surface area contributed by atoms with Crippen molar-refractivity contribution >= 4 is 0 Å². The van der Waals surface area contributed by atoms with Crippen LogP contribution >= 0.6 is 0 Å². The molecule has 18 heavy (non-hydrogen) atoms. The summed E-state index contributed by atoms with van der Waals surface area (Å²) < 4.78 is 28.4. The van der Waals surface area contributed by atoms with Crippen LogP contribution in [-0.4, -0.2) is 9.78 Å². The van der Waals surface area contributed by atoms with E-state index in [1.165, 1.54) is 0 Å². The molecule has 0 aliphatic heterocycles. The lowest BCUT2D eigenvalue weighted by molar-refractivity contribution is 0.567. The Labute approximate surface area is 104 Å². The lowest BCUT2D eigenvalue weighted by atomic mass is 10.0. The molecule has 1 heterocycles. The first-order valence-electron chi connectivity index (χ1n) is 5.76. The molecule has 0 amide bonds. The number of nitrogens with two attached hydrogens (primary N) is 1. The zero-order chi connectivity index (χ0) is 13.3. The molecule has 0 fully saturated rings. The van der Waals surface area contributed by atoms with Gasteiger partial charge in [0, 0.05) is 12.6 Å². The predicted octanol–water partition coefficient (Wildman–Crippen LogP) is 2.31. The average molecular weight is 251 g/mol. The van der Waals surface area contributed by atoms with Gasteiger partial charge >= 0.3 is 0 Å². The molecule has 96 valence electrons. The number of nitrogens with zero attached hydrogens (tertiary/aromatic N) is 2. The van der Waals surface area contributed by atoms with Crippen LogP contribution in [0.1, 0.15) is 29.9 Å². The van der Waals surface area contributed by atoms with Gasteiger partial charge in [-0.25, -0.2) is 8.78 Å². The minimum Gasteiger partial charge on any atom is -0.319 e. The molecule has 0 radical (unpaired) electrons. The predicted molar refractivity (Wildman–Crippen MR) is 65.0 cm³/mol. The van der Waals surface area contributed by atoms with Crippen LogP contribution in [0, 0.1) is 11.6 Å². The van der Waals surface area contributed by atoms with Gasteiger partial charge in [-0.1, -0.05) is 6.92 Å². The first kappa shape index (κ1) is 12.7. The standard InChI is InChI=1S/C13H15F2N3/c1-3-9-7-12(18(2)17-9)13(16)10-6-8(14)4-5-11(10)15/h4-7,13H,3,16H2,1-2H3. The number of halogens is 2. The summed E-state index contributed by atoms with van der Waals surface area (Å²) in [6.45, 7) is 1.97. The minimum atomic E-state index is -0.724. The molecule has 3 nitrogen and oxygen atoms in total. The maximum absolute atomic E-state index is 13.6. The highest BCUT2D eigenvalue weighted by Crippen LogP contribution is 2.23. The van der Waals surface area contributed by atoms with Crippen molar-refractivity contribution in [3.05, 3.63) is 52.9 Å². The van der Waals surface area contributed by atoms with E-state index in [1.807, 2.05) is 13.0 Å². The lowest BCUT2D eigenvalue weighted by Crippen LogP contribution is -2.17. The Morgan fingerprint density at radius 2 is 2.06 bits per heavy atom. The van der Waals surface area contributed by atoms with E-state index < -0.39 is 17.7 Å². The number of hydrogen-bond acceptors (Lipinski definition) is 2. The normalized spacial score (nSPS) is 12.7. The van der Waals surface area contributed by atoms with Crippen LogP contribution in [0.4, 0.5) is 8.78 Å². The largest absolute Gasteiger partial charge is 0.319 e. The van der Waals surface area contributed by atoms with Crippen molar-refractivity contribution < 1.29 is 8.78 Å². The van der Waals surface area contributed by atoms with Crippen molar-refractivity contribution in [2.24, 2.45) is 12.8 Å². The summed E-state index contributed by atoms with van der Waals surface area (Å²) in [5, 5.41) is 4.25. The number of hydrogen-bond donors (Lipinski definition) is 1. The SMILES string of the molecule is CCc1cc(C(N)c2cc(F)ccc2F)n(C)n1. The second-order valence-electron chi connectivity index (χ2n) is 4.18. The van der Waals surface area contributed by atoms with Gasteiger partial charge in [0.2, 0.25) is 0 Å². The van der Waals surface area contributed by atoms with E-state index in [2.05, 4.69) is 5.10 Å². The van der Waals surface area contributed by atoms with Crippen LogP contribution in [0.3, 0.4) is 0 Å². The second kappa shape index (κ2) is 4.86. The molecule has 0 bridgehead atoms. The molecule has 2 N–H and O–H groups in total. The minimum absolute atomic E-state index is 0.139. The van der Waals surface area contributed by atoms with Crippen LogP contribution in [-0.2, 0) is 13.5 Å². The maximum Gasteiger partial charge on any atom is 0.128 e. The van der Waals surface area contributed by atoms with Gasteiger partial charge in [-0.2, -0.15) is 5.10 Å². The number of benzene rings is 1. The van der Waals surface area contributed by atoms with Gasteiger partial charge in [-0.15, -0.1) is 0 Å². The van der Waals surface area contributed by atoms with Crippen LogP contribution in [0.25, 0.3) is 0 Å². The molecule has 0 aliphatic carbocycles. The summed E-state index contributed by atoms with van der Waals surface area (Å²) in [7, 11) is 1.74. The Hall–Kier alpha value is -1.75. The highest BCUT2D eigenvalue weighted by atomic mass is 19.1. The lowest BCUT2D eigenvalue weighted by Gasteiger charge is -2.13. The first-order valence-corrected chi connectivity index (χ1v) is 5.76. The molecule has 5 heteroatoms. The third kappa shape index (κ3) is 2.26. The quantitative estimate of drug-likeness (QED) is 0.909. The molecule has 2 rings (SSSR count). The van der Waals surface area contributed by atoms with Crippen molar-refractivity contribution in [3.63, 3.8) is 0 Å². The van der Waals surface area contributed by atoms with Gasteiger partial charge in [-0.05, 0) is 30.7 Å². The summed E-state index contributed by atoms with van der Waals surface area (Å²) in [4.78, 5) is 0. The Kier molecular flexibility index (Phi) is 3.43. The van der Waals surface area contributed by atoms with Crippen molar-refractivity contribution in [3.8, 4) is 0 Å². The zero-order valence-electron chi connectivity index (χ0n) is 10.3. The van der Waals surface area contributed by atoms with Gasteiger partial charge < -0.3 is 5.73 Å². The fourth-order valence-corrected chi connectivity index (χ4v) is 1.92. The Morgan fingerprint density at radius 3 is 2.67 bits per heavy atom. The van der Waals surface area contributed by atoms with Gasteiger partial charge in [0.25, 0.3) is 0 Å². The van der Waals surface area contributed by atoms with E-state index in [0.717, 1.165) is 30.3 Å². The summed E-state index contributed by atoms with van der Waals surface area (Å²) in [5.74, 6) is -1.01. The average Bonchev–Trinajstić information content (AvgIpc) is 2.73. The highest BCUT2D eigenvalue weighted by molar-refractivity contribution is 5.30. The van der Waals surface area contributed by atoms with E-state index in [0.29, 0.717) is 5.69 Å². The van der Waals surface area contributed by atoms with Gasteiger partial charge in [0.1, 0.15) is 11.6 Å². The van der Waals surface area contributed by atoms with Crippen molar-refractivity contribution in [2.45, 2.75) is 19.4 Å². The van der Waals surface area contributed by atoms with Crippen molar-refractivity contribution in [1.29, 1.82) is 0 Å². The van der Waals surface area contributed by atoms with Crippen molar-refractivity contribution in [1.82, 2.24) is 9.78 Å². The Balaban J connectivity index is 2.43. The van der Waals surface area contributed by atoms with E-state index >= 15 is 0 Å². The van der Waals surface area contributed by atoms with Gasteiger partial charge in [0.05, 0.1) is 17.4 Å². The second-order valence-corrected chi connectivity index (χ2v) is 4.18. The number of rotatable bonds is 3. The maximum atomic E-state index is 13.6. The number of aryl methyl sites for hydroxylation is 2. The van der Waals surface area contributed by atoms with E-state index in [1.54, 1.807) is 11.7 Å². The van der Waals surface area contributed by atoms with Crippen LogP contribution < -0.4 is 5.73 Å². The third-order valence-corrected chi connectivity index (χ3v) is 2.94. The first-order chi connectivity index (χ1) is 8.52. The summed E-state index contributed by atoms with van der Waals surface area (Å²) in [6.07, 6.45) is 0.770. The van der Waals surface area contributed by atoms with E-state index in [9.17, 15) is 8.78 Å². The molecule has 1 aromatic carbocycles. The fraction of sp³-hybridized carbons (Fsp3) is 0.308. The molecular weight excluding hydrogens is 236 g/mol. The summed E-state index contributed by atoms with van der Waals surface area (Å²) in [6, 6.07) is 4.38. The van der Waals surface area contributed by atoms with Crippen molar-refractivity contribution in [2.75, 3.05) is 0 Å². The van der Waals surface area contributed by atoms with Gasteiger partial charge in [-0.3, -0.25) is 4.68 Å². The molecule has 0 aliphatic rings. The molecular formula is C13H15F2N3. The van der Waals surface area contributed by atoms with Crippen LogP contribution in [0.15, 0.2) is 24.3 Å². The summed E-state index contributed by atoms with van der Waals surface area (Å²) >= 11 is 0. The molecule has 1 aromatic heterocycles. The third-order valence-electron chi connectivity index (χ3n) is 2.94. The molecule has 1 atom stereocenters. The van der Waals surface area contributed by atoms with Crippen LogP contribution in [0.5, 0.6) is 0 Å². The zero-order valence-corrected chi connectivity index (χ0v) is 10.3. The van der Waals surface area contributed by atoms with Crippen LogP contribution in [0.2, 0.25) is 0 Å². The highest BCUT2D eigenvalue weighted by Gasteiger charge is 2.18. The molecule has 0 saturated carbocycles. The van der Waals surface area contributed by atoms with Gasteiger partial charge in [0.15, 0.2) is 0 Å². The summed E-state index contributed by atoms with van der Waals surface area (Å²) in [5.41, 5.74) is 7.66. The molecule has 0 saturated heterocycles. The number of aromatic nitrogens is 2. The van der Waals surface area contributed by atoms with E-state index in [-0.39, 0.29) is 5.56 Å². The monoisotopic (exact) mass is 251 g/mol. The molecule has 1 unspecified atom stereocenters. The Morgan fingerprint density at radius 1 is 1.33 bits per heavy atom. The van der Waals surface area contributed by atoms with E-state index in [4.69, 9.17) is 5.73 Å². The molecule has 2 aromatic rings. The fourth-order valence-electron chi connectivity index (χ4n) is 1.92.